The first-order valence-corrected chi connectivity index (χ1v) is 7.20. The molecular formula is C16H21NO. The van der Waals surface area contributed by atoms with Gasteiger partial charge in [-0.15, -0.1) is 0 Å². The molecule has 1 aromatic carbocycles. The maximum atomic E-state index is 12.2. The van der Waals surface area contributed by atoms with Gasteiger partial charge in [-0.25, -0.2) is 0 Å². The zero-order valence-corrected chi connectivity index (χ0v) is 10.8. The van der Waals surface area contributed by atoms with Crippen molar-refractivity contribution in [3.05, 3.63) is 35.4 Å². The Balaban J connectivity index is 1.57. The standard InChI is InChI=1S/C16H21NO/c18-16(12-6-2-1-3-7-12)17-15-10-13-8-4-5-9-14(13)11-15/h4-5,8-9,12,15H,1-3,6-7,10-11H2,(H,17,18). The fraction of sp³-hybridized carbons (Fsp3) is 0.562. The number of amides is 1. The van der Waals surface area contributed by atoms with Crippen molar-refractivity contribution in [1.29, 1.82) is 0 Å². The molecule has 0 spiro atoms. The van der Waals surface area contributed by atoms with Crippen molar-refractivity contribution >= 4 is 5.91 Å². The molecule has 0 bridgehead atoms. The highest BCUT2D eigenvalue weighted by Crippen LogP contribution is 2.25. The van der Waals surface area contributed by atoms with Gasteiger partial charge in [0.1, 0.15) is 0 Å². The highest BCUT2D eigenvalue weighted by Gasteiger charge is 2.26. The largest absolute Gasteiger partial charge is 0.352 e. The van der Waals surface area contributed by atoms with Crippen LogP contribution >= 0.6 is 0 Å². The van der Waals surface area contributed by atoms with Gasteiger partial charge in [0, 0.05) is 12.0 Å². The van der Waals surface area contributed by atoms with Crippen molar-refractivity contribution in [2.75, 3.05) is 0 Å². The lowest BCUT2D eigenvalue weighted by atomic mass is 9.88. The molecule has 0 aromatic heterocycles. The summed E-state index contributed by atoms with van der Waals surface area (Å²) < 4.78 is 0. The van der Waals surface area contributed by atoms with Crippen molar-refractivity contribution in [3.63, 3.8) is 0 Å². The lowest BCUT2D eigenvalue weighted by molar-refractivity contribution is -0.126. The fourth-order valence-electron chi connectivity index (χ4n) is 3.34. The van der Waals surface area contributed by atoms with E-state index in [9.17, 15) is 4.79 Å². The average molecular weight is 243 g/mol. The average Bonchev–Trinajstić information content (AvgIpc) is 2.82. The van der Waals surface area contributed by atoms with Crippen LogP contribution in [0.2, 0.25) is 0 Å². The highest BCUT2D eigenvalue weighted by atomic mass is 16.1. The fourth-order valence-corrected chi connectivity index (χ4v) is 3.34. The summed E-state index contributed by atoms with van der Waals surface area (Å²) in [7, 11) is 0. The molecule has 1 aromatic rings. The molecule has 1 N–H and O–H groups in total. The van der Waals surface area contributed by atoms with Crippen LogP contribution in [0.3, 0.4) is 0 Å². The number of fused-ring (bicyclic) bond motifs is 1. The molecule has 2 aliphatic rings. The Morgan fingerprint density at radius 3 is 2.22 bits per heavy atom. The maximum Gasteiger partial charge on any atom is 0.223 e. The number of carbonyl (C=O) groups excluding carboxylic acids is 1. The van der Waals surface area contributed by atoms with E-state index in [2.05, 4.69) is 29.6 Å². The first-order chi connectivity index (χ1) is 8.83. The molecule has 2 nitrogen and oxygen atoms in total. The van der Waals surface area contributed by atoms with Crippen LogP contribution in [0.25, 0.3) is 0 Å². The zero-order chi connectivity index (χ0) is 12.4. The van der Waals surface area contributed by atoms with E-state index in [1.54, 1.807) is 0 Å². The van der Waals surface area contributed by atoms with E-state index in [4.69, 9.17) is 0 Å². The second-order valence-corrected chi connectivity index (χ2v) is 5.72. The van der Waals surface area contributed by atoms with Crippen LogP contribution in [0.1, 0.15) is 43.2 Å². The van der Waals surface area contributed by atoms with Crippen molar-refractivity contribution < 1.29 is 4.79 Å². The summed E-state index contributed by atoms with van der Waals surface area (Å²) in [5, 5.41) is 3.26. The number of benzene rings is 1. The van der Waals surface area contributed by atoms with Gasteiger partial charge in [0.15, 0.2) is 0 Å². The third-order valence-electron chi connectivity index (χ3n) is 4.37. The molecule has 1 amide bonds. The van der Waals surface area contributed by atoms with Gasteiger partial charge >= 0.3 is 0 Å². The molecule has 0 saturated heterocycles. The summed E-state index contributed by atoms with van der Waals surface area (Å²) in [5.74, 6) is 0.579. The van der Waals surface area contributed by atoms with Gasteiger partial charge in [-0.05, 0) is 36.8 Å². The third-order valence-corrected chi connectivity index (χ3v) is 4.37. The van der Waals surface area contributed by atoms with E-state index >= 15 is 0 Å². The van der Waals surface area contributed by atoms with Gasteiger partial charge in [0.2, 0.25) is 5.91 Å². The molecule has 0 radical (unpaired) electrons. The molecule has 0 heterocycles. The minimum Gasteiger partial charge on any atom is -0.352 e. The number of hydrogen-bond donors (Lipinski definition) is 1. The summed E-state index contributed by atoms with van der Waals surface area (Å²) in [5.41, 5.74) is 2.82. The third kappa shape index (κ3) is 2.43. The minimum absolute atomic E-state index is 0.280. The molecule has 0 unspecified atom stereocenters. The molecule has 18 heavy (non-hydrogen) atoms. The first-order valence-electron chi connectivity index (χ1n) is 7.20. The predicted octanol–water partition coefficient (Wildman–Crippen LogP) is 2.85. The predicted molar refractivity (Wildman–Crippen MR) is 72.4 cm³/mol. The van der Waals surface area contributed by atoms with Gasteiger partial charge in [-0.2, -0.15) is 0 Å². The summed E-state index contributed by atoms with van der Waals surface area (Å²) in [4.78, 5) is 12.2. The summed E-state index contributed by atoms with van der Waals surface area (Å²) in [6.07, 6.45) is 7.95. The van der Waals surface area contributed by atoms with Gasteiger partial charge in [0.25, 0.3) is 0 Å². The topological polar surface area (TPSA) is 29.1 Å². The van der Waals surface area contributed by atoms with Crippen LogP contribution in [0.5, 0.6) is 0 Å². The Bertz CT molecular complexity index is 409. The summed E-state index contributed by atoms with van der Waals surface area (Å²) in [6.45, 7) is 0. The Morgan fingerprint density at radius 1 is 1.00 bits per heavy atom. The van der Waals surface area contributed by atoms with Gasteiger partial charge in [0.05, 0.1) is 0 Å². The maximum absolute atomic E-state index is 12.2. The van der Waals surface area contributed by atoms with E-state index in [1.165, 1.54) is 30.4 Å². The molecule has 2 heteroatoms. The molecule has 1 saturated carbocycles. The Labute approximate surface area is 109 Å². The molecule has 0 atom stereocenters. The second-order valence-electron chi connectivity index (χ2n) is 5.72. The SMILES string of the molecule is O=C(NC1Cc2ccccc2C1)C1CCCCC1. The zero-order valence-electron chi connectivity index (χ0n) is 10.8. The van der Waals surface area contributed by atoms with Crippen molar-refractivity contribution in [2.45, 2.75) is 51.0 Å². The minimum atomic E-state index is 0.280. The van der Waals surface area contributed by atoms with Crippen LogP contribution in [-0.4, -0.2) is 11.9 Å². The number of rotatable bonds is 2. The summed E-state index contributed by atoms with van der Waals surface area (Å²) >= 11 is 0. The Hall–Kier alpha value is -1.31. The number of carbonyl (C=O) groups is 1. The molecule has 96 valence electrons. The first kappa shape index (κ1) is 11.8. The molecular weight excluding hydrogens is 222 g/mol. The number of hydrogen-bond acceptors (Lipinski definition) is 1. The Morgan fingerprint density at radius 2 is 1.61 bits per heavy atom. The van der Waals surface area contributed by atoms with Crippen LogP contribution in [-0.2, 0) is 17.6 Å². The normalized spacial score (nSPS) is 20.7. The van der Waals surface area contributed by atoms with Crippen LogP contribution < -0.4 is 5.32 Å². The van der Waals surface area contributed by atoms with Crippen molar-refractivity contribution in [3.8, 4) is 0 Å². The summed E-state index contributed by atoms with van der Waals surface area (Å²) in [6, 6.07) is 8.87. The van der Waals surface area contributed by atoms with E-state index in [1.807, 2.05) is 0 Å². The van der Waals surface area contributed by atoms with Crippen LogP contribution in [0.15, 0.2) is 24.3 Å². The van der Waals surface area contributed by atoms with E-state index < -0.39 is 0 Å². The van der Waals surface area contributed by atoms with Crippen molar-refractivity contribution in [1.82, 2.24) is 5.32 Å². The lowest BCUT2D eigenvalue weighted by Crippen LogP contribution is -2.40. The lowest BCUT2D eigenvalue weighted by Gasteiger charge is -2.22. The van der Waals surface area contributed by atoms with Crippen molar-refractivity contribution in [2.24, 2.45) is 5.92 Å². The molecule has 1 fully saturated rings. The highest BCUT2D eigenvalue weighted by molar-refractivity contribution is 5.79. The van der Waals surface area contributed by atoms with Gasteiger partial charge in [-0.3, -0.25) is 4.79 Å². The smallest absolute Gasteiger partial charge is 0.223 e. The van der Waals surface area contributed by atoms with E-state index in [0.29, 0.717) is 11.9 Å². The van der Waals surface area contributed by atoms with E-state index in [-0.39, 0.29) is 5.92 Å². The van der Waals surface area contributed by atoms with Crippen LogP contribution in [0, 0.1) is 5.92 Å². The van der Waals surface area contributed by atoms with Gasteiger partial charge in [-0.1, -0.05) is 43.5 Å². The number of nitrogens with one attached hydrogen (secondary N) is 1. The van der Waals surface area contributed by atoms with Crippen LogP contribution in [0.4, 0.5) is 0 Å². The quantitative estimate of drug-likeness (QED) is 0.850. The molecule has 0 aliphatic heterocycles. The second kappa shape index (κ2) is 5.13. The van der Waals surface area contributed by atoms with E-state index in [0.717, 1.165) is 25.7 Å². The van der Waals surface area contributed by atoms with Gasteiger partial charge < -0.3 is 5.32 Å². The molecule has 3 rings (SSSR count). The monoisotopic (exact) mass is 243 g/mol. The molecule has 2 aliphatic carbocycles. The Kier molecular flexibility index (Phi) is 3.35.